The van der Waals surface area contributed by atoms with E-state index in [0.29, 0.717) is 0 Å². The predicted molar refractivity (Wildman–Crippen MR) is 93.3 cm³/mol. The molecule has 9 heteroatoms. The minimum absolute atomic E-state index is 0.0498. The van der Waals surface area contributed by atoms with Crippen LogP contribution in [0.4, 0.5) is 39.1 Å². The number of halogens is 5. The molecule has 0 spiro atoms. The Bertz CT molecular complexity index is 1000. The third-order valence-electron chi connectivity index (χ3n) is 3.72. The van der Waals surface area contributed by atoms with Crippen molar-refractivity contribution in [3.8, 4) is 0 Å². The number of amides is 1. The molecule has 0 aliphatic carbocycles. The molecule has 1 heterocycles. The Morgan fingerprint density at radius 1 is 0.929 bits per heavy atom. The number of hydrogen-bond donors (Lipinski definition) is 2. The summed E-state index contributed by atoms with van der Waals surface area (Å²) in [7, 11) is 0. The lowest BCUT2D eigenvalue weighted by molar-refractivity contribution is -0.136. The summed E-state index contributed by atoms with van der Waals surface area (Å²) in [6.07, 6.45) is -3.46. The summed E-state index contributed by atoms with van der Waals surface area (Å²) in [6.45, 7) is 0. The molecule has 0 atom stereocenters. The van der Waals surface area contributed by atoms with Gasteiger partial charge in [0.05, 0.1) is 11.3 Å². The van der Waals surface area contributed by atoms with Gasteiger partial charge in [-0.05, 0) is 36.4 Å². The van der Waals surface area contributed by atoms with Crippen molar-refractivity contribution in [2.24, 2.45) is 0 Å². The minimum atomic E-state index is -4.64. The van der Waals surface area contributed by atoms with E-state index in [2.05, 4.69) is 15.6 Å². The molecule has 0 saturated carbocycles. The van der Waals surface area contributed by atoms with E-state index in [1.54, 1.807) is 0 Å². The second-order valence-corrected chi connectivity index (χ2v) is 5.65. The van der Waals surface area contributed by atoms with Crippen molar-refractivity contribution in [2.45, 2.75) is 6.18 Å². The highest BCUT2D eigenvalue weighted by Gasteiger charge is 2.33. The molecule has 0 aliphatic heterocycles. The van der Waals surface area contributed by atoms with Gasteiger partial charge in [0.2, 0.25) is 0 Å². The molecule has 2 N–H and O–H groups in total. The third kappa shape index (κ3) is 4.25. The highest BCUT2D eigenvalue weighted by atomic mass is 19.4. The lowest BCUT2D eigenvalue weighted by Crippen LogP contribution is -2.17. The monoisotopic (exact) mass is 393 g/mol. The Labute approximate surface area is 156 Å². The van der Waals surface area contributed by atoms with Gasteiger partial charge in [0.1, 0.15) is 23.1 Å². The second-order valence-electron chi connectivity index (χ2n) is 5.65. The first-order valence-electron chi connectivity index (χ1n) is 7.90. The van der Waals surface area contributed by atoms with E-state index in [9.17, 15) is 26.7 Å². The quantitative estimate of drug-likeness (QED) is 0.586. The van der Waals surface area contributed by atoms with Crippen molar-refractivity contribution in [3.05, 3.63) is 83.6 Å². The van der Waals surface area contributed by atoms with Crippen LogP contribution in [0.3, 0.4) is 0 Å². The molecule has 3 aromatic rings. The van der Waals surface area contributed by atoms with Crippen LogP contribution in [0.5, 0.6) is 0 Å². The molecule has 0 fully saturated rings. The van der Waals surface area contributed by atoms with Gasteiger partial charge in [-0.3, -0.25) is 4.79 Å². The number of pyridine rings is 1. The number of para-hydroxylation sites is 2. The molecule has 0 bridgehead atoms. The van der Waals surface area contributed by atoms with Crippen LogP contribution in [0.15, 0.2) is 60.8 Å². The first-order chi connectivity index (χ1) is 13.3. The Morgan fingerprint density at radius 2 is 1.61 bits per heavy atom. The number of benzene rings is 2. The highest BCUT2D eigenvalue weighted by molar-refractivity contribution is 6.05. The van der Waals surface area contributed by atoms with Gasteiger partial charge in [-0.2, -0.15) is 13.2 Å². The van der Waals surface area contributed by atoms with Gasteiger partial charge in [0, 0.05) is 11.8 Å². The zero-order chi connectivity index (χ0) is 20.3. The van der Waals surface area contributed by atoms with E-state index < -0.39 is 40.7 Å². The molecule has 4 nitrogen and oxygen atoms in total. The third-order valence-corrected chi connectivity index (χ3v) is 3.72. The van der Waals surface area contributed by atoms with Gasteiger partial charge in [-0.25, -0.2) is 13.8 Å². The molecule has 0 saturated heterocycles. The second kappa shape index (κ2) is 7.63. The normalized spacial score (nSPS) is 11.2. The van der Waals surface area contributed by atoms with Crippen LogP contribution in [0.1, 0.15) is 15.9 Å². The van der Waals surface area contributed by atoms with Crippen LogP contribution in [0, 0.1) is 11.6 Å². The fourth-order valence-corrected chi connectivity index (χ4v) is 2.42. The number of anilines is 3. The predicted octanol–water partition coefficient (Wildman–Crippen LogP) is 5.37. The topological polar surface area (TPSA) is 54.0 Å². The van der Waals surface area contributed by atoms with Crippen molar-refractivity contribution in [1.82, 2.24) is 4.98 Å². The van der Waals surface area contributed by atoms with Gasteiger partial charge in [0.25, 0.3) is 5.91 Å². The summed E-state index contributed by atoms with van der Waals surface area (Å²) in [5, 5.41) is 4.60. The lowest BCUT2D eigenvalue weighted by atomic mass is 10.1. The molecule has 1 aromatic heterocycles. The minimum Gasteiger partial charge on any atom is -0.335 e. The molecule has 1 amide bonds. The van der Waals surface area contributed by atoms with Crippen LogP contribution in [0.2, 0.25) is 0 Å². The number of carbonyl (C=O) groups excluding carboxylic acids is 1. The number of nitrogens with zero attached hydrogens (tertiary/aromatic N) is 1. The van der Waals surface area contributed by atoms with Gasteiger partial charge in [-0.1, -0.05) is 18.2 Å². The maximum absolute atomic E-state index is 13.7. The number of carbonyl (C=O) groups is 1. The Morgan fingerprint density at radius 3 is 2.29 bits per heavy atom. The molecule has 2 aromatic carbocycles. The fourth-order valence-electron chi connectivity index (χ4n) is 2.42. The van der Waals surface area contributed by atoms with E-state index >= 15 is 0 Å². The standard InChI is InChI=1S/C19H12F5N3O/c20-13-5-3-6-14(21)17(13)27-16-10-11(8-9-25-16)18(28)26-15-7-2-1-4-12(15)19(22,23)24/h1-10H,(H,25,27)(H,26,28). The average molecular weight is 393 g/mol. The smallest absolute Gasteiger partial charge is 0.335 e. The molecule has 144 valence electrons. The van der Waals surface area contributed by atoms with E-state index in [0.717, 1.165) is 30.3 Å². The van der Waals surface area contributed by atoms with E-state index in [1.807, 2.05) is 0 Å². The molecule has 0 unspecified atom stereocenters. The summed E-state index contributed by atoms with van der Waals surface area (Å²) in [6, 6.07) is 10.2. The van der Waals surface area contributed by atoms with Crippen LogP contribution >= 0.6 is 0 Å². The number of rotatable bonds is 4. The van der Waals surface area contributed by atoms with E-state index in [-0.39, 0.29) is 11.4 Å². The zero-order valence-corrected chi connectivity index (χ0v) is 14.0. The van der Waals surface area contributed by atoms with Crippen LogP contribution < -0.4 is 10.6 Å². The number of alkyl halides is 3. The van der Waals surface area contributed by atoms with Crippen molar-refractivity contribution in [2.75, 3.05) is 10.6 Å². The van der Waals surface area contributed by atoms with Crippen LogP contribution in [-0.2, 0) is 6.18 Å². The summed E-state index contributed by atoms with van der Waals surface area (Å²) in [5.74, 6) is -2.62. The number of hydrogen-bond acceptors (Lipinski definition) is 3. The molecule has 0 radical (unpaired) electrons. The maximum Gasteiger partial charge on any atom is 0.418 e. The lowest BCUT2D eigenvalue weighted by Gasteiger charge is -2.14. The zero-order valence-electron chi connectivity index (χ0n) is 14.0. The SMILES string of the molecule is O=C(Nc1ccccc1C(F)(F)F)c1ccnc(Nc2c(F)cccc2F)c1. The van der Waals surface area contributed by atoms with Crippen molar-refractivity contribution in [1.29, 1.82) is 0 Å². The van der Waals surface area contributed by atoms with E-state index in [1.165, 1.54) is 30.5 Å². The van der Waals surface area contributed by atoms with Gasteiger partial charge in [0.15, 0.2) is 0 Å². The summed E-state index contributed by atoms with van der Waals surface area (Å²) in [4.78, 5) is 16.2. The summed E-state index contributed by atoms with van der Waals surface area (Å²) >= 11 is 0. The first-order valence-corrected chi connectivity index (χ1v) is 7.90. The number of nitrogens with one attached hydrogen (secondary N) is 2. The van der Waals surface area contributed by atoms with Crippen molar-refractivity contribution >= 4 is 23.1 Å². The number of aromatic nitrogens is 1. The van der Waals surface area contributed by atoms with Crippen LogP contribution in [0.25, 0.3) is 0 Å². The first kappa shape index (κ1) is 19.3. The Hall–Kier alpha value is -3.49. The molecular formula is C19H12F5N3O. The summed E-state index contributed by atoms with van der Waals surface area (Å²) < 4.78 is 66.6. The van der Waals surface area contributed by atoms with Crippen LogP contribution in [-0.4, -0.2) is 10.9 Å². The van der Waals surface area contributed by atoms with Gasteiger partial charge in [-0.15, -0.1) is 0 Å². The Balaban J connectivity index is 1.84. The maximum atomic E-state index is 13.7. The fraction of sp³-hybridized carbons (Fsp3) is 0.0526. The molecule has 3 rings (SSSR count). The van der Waals surface area contributed by atoms with Crippen molar-refractivity contribution < 1.29 is 26.7 Å². The molecule has 28 heavy (non-hydrogen) atoms. The molecular weight excluding hydrogens is 381 g/mol. The summed E-state index contributed by atoms with van der Waals surface area (Å²) in [5.41, 5.74) is -1.92. The van der Waals surface area contributed by atoms with Crippen molar-refractivity contribution in [3.63, 3.8) is 0 Å². The van der Waals surface area contributed by atoms with Gasteiger partial charge >= 0.3 is 6.18 Å². The largest absolute Gasteiger partial charge is 0.418 e. The molecule has 0 aliphatic rings. The van der Waals surface area contributed by atoms with Gasteiger partial charge < -0.3 is 10.6 Å². The van der Waals surface area contributed by atoms with E-state index in [4.69, 9.17) is 0 Å². The Kier molecular flexibility index (Phi) is 5.25. The average Bonchev–Trinajstić information content (AvgIpc) is 2.65. The highest BCUT2D eigenvalue weighted by Crippen LogP contribution is 2.34.